The topological polar surface area (TPSA) is 99.5 Å². The van der Waals surface area contributed by atoms with Gasteiger partial charge in [0, 0.05) is 17.5 Å². The van der Waals surface area contributed by atoms with Crippen molar-refractivity contribution in [1.82, 2.24) is 0 Å². The Morgan fingerprint density at radius 2 is 2.00 bits per heavy atom. The molecular weight excluding hydrogens is 386 g/mol. The Hall–Kier alpha value is -2.70. The number of benzene rings is 2. The van der Waals surface area contributed by atoms with Crippen molar-refractivity contribution in [3.63, 3.8) is 0 Å². The van der Waals surface area contributed by atoms with Gasteiger partial charge >= 0.3 is 0 Å². The van der Waals surface area contributed by atoms with Gasteiger partial charge in [-0.25, -0.2) is 8.42 Å². The summed E-state index contributed by atoms with van der Waals surface area (Å²) in [6.45, 7) is 3.64. The molecule has 9 heteroatoms. The first-order chi connectivity index (χ1) is 12.8. The number of anilines is 2. The molecule has 2 aromatic rings. The van der Waals surface area contributed by atoms with Gasteiger partial charge in [0.1, 0.15) is 17.3 Å². The van der Waals surface area contributed by atoms with Gasteiger partial charge in [0.2, 0.25) is 5.91 Å². The first kappa shape index (κ1) is 19.1. The second kappa shape index (κ2) is 7.50. The van der Waals surface area contributed by atoms with E-state index >= 15 is 0 Å². The lowest BCUT2D eigenvalue weighted by atomic mass is 10.2. The standard InChI is InChI=1S/C18H17N3O4S2/c1-12-10-21(13(2)22)17-9-16(7-8-18(17)25-12)27(23,24)20-14-3-5-15(6-4-14)26-11-19/h3-9,12,20H,10H2,1-2H3. The number of carbonyl (C=O) groups excluding carboxylic acids is 1. The molecule has 1 heterocycles. The number of hydrogen-bond donors (Lipinski definition) is 1. The lowest BCUT2D eigenvalue weighted by molar-refractivity contribution is -0.117. The summed E-state index contributed by atoms with van der Waals surface area (Å²) in [4.78, 5) is 14.2. The first-order valence-corrected chi connectivity index (χ1v) is 10.4. The molecule has 0 spiro atoms. The zero-order valence-corrected chi connectivity index (χ0v) is 16.3. The summed E-state index contributed by atoms with van der Waals surface area (Å²) in [5.41, 5.74) is 0.813. The van der Waals surface area contributed by atoms with Crippen LogP contribution in [0.1, 0.15) is 13.8 Å². The molecule has 1 aliphatic heterocycles. The second-order valence-electron chi connectivity index (χ2n) is 6.01. The SMILES string of the molecule is CC(=O)N1CC(C)Oc2ccc(S(=O)(=O)Nc3ccc(SC#N)cc3)cc21. The van der Waals surface area contributed by atoms with Crippen molar-refractivity contribution in [1.29, 1.82) is 5.26 Å². The number of nitriles is 1. The Balaban J connectivity index is 1.90. The normalized spacial score (nSPS) is 16.0. The summed E-state index contributed by atoms with van der Waals surface area (Å²) in [6.07, 6.45) is -0.174. The van der Waals surface area contributed by atoms with Gasteiger partial charge in [-0.2, -0.15) is 5.26 Å². The van der Waals surface area contributed by atoms with Crippen molar-refractivity contribution in [2.24, 2.45) is 0 Å². The van der Waals surface area contributed by atoms with Gasteiger partial charge in [0.25, 0.3) is 10.0 Å². The van der Waals surface area contributed by atoms with Crippen LogP contribution in [0.4, 0.5) is 11.4 Å². The molecule has 0 aromatic heterocycles. The molecule has 1 atom stereocenters. The number of amides is 1. The minimum absolute atomic E-state index is 0.0288. The molecule has 1 aliphatic rings. The average molecular weight is 403 g/mol. The Morgan fingerprint density at radius 1 is 1.30 bits per heavy atom. The van der Waals surface area contributed by atoms with Crippen molar-refractivity contribution < 1.29 is 17.9 Å². The molecular formula is C18H17N3O4S2. The molecule has 0 fully saturated rings. The molecule has 27 heavy (non-hydrogen) atoms. The van der Waals surface area contributed by atoms with Crippen molar-refractivity contribution in [3.05, 3.63) is 42.5 Å². The fraction of sp³-hybridized carbons (Fsp3) is 0.222. The van der Waals surface area contributed by atoms with E-state index in [1.54, 1.807) is 30.3 Å². The van der Waals surface area contributed by atoms with Crippen molar-refractivity contribution in [3.8, 4) is 11.2 Å². The summed E-state index contributed by atoms with van der Waals surface area (Å²) in [7, 11) is -3.85. The van der Waals surface area contributed by atoms with Gasteiger partial charge in [0.15, 0.2) is 0 Å². The van der Waals surface area contributed by atoms with Crippen molar-refractivity contribution in [2.75, 3.05) is 16.2 Å². The Labute approximate surface area is 162 Å². The maximum atomic E-state index is 12.7. The van der Waals surface area contributed by atoms with Crippen LogP contribution >= 0.6 is 11.8 Å². The van der Waals surface area contributed by atoms with E-state index < -0.39 is 10.0 Å². The number of hydrogen-bond acceptors (Lipinski definition) is 6. The van der Waals surface area contributed by atoms with E-state index in [1.807, 2.05) is 12.3 Å². The third-order valence-corrected chi connectivity index (χ3v) is 5.93. The van der Waals surface area contributed by atoms with E-state index in [0.717, 1.165) is 16.7 Å². The smallest absolute Gasteiger partial charge is 0.261 e. The number of rotatable bonds is 4. The van der Waals surface area contributed by atoms with E-state index in [4.69, 9.17) is 10.00 Å². The molecule has 0 aliphatic carbocycles. The monoisotopic (exact) mass is 403 g/mol. The number of thiocyanates is 1. The number of nitrogens with one attached hydrogen (secondary N) is 1. The largest absolute Gasteiger partial charge is 0.487 e. The average Bonchev–Trinajstić information content (AvgIpc) is 2.62. The van der Waals surface area contributed by atoms with Crippen molar-refractivity contribution in [2.45, 2.75) is 29.7 Å². The molecule has 0 saturated heterocycles. The fourth-order valence-corrected chi connectivity index (χ4v) is 4.20. The number of carbonyl (C=O) groups is 1. The number of sulfonamides is 1. The highest BCUT2D eigenvalue weighted by Crippen LogP contribution is 2.36. The van der Waals surface area contributed by atoms with Gasteiger partial charge in [-0.05, 0) is 61.2 Å². The minimum atomic E-state index is -3.85. The third kappa shape index (κ3) is 4.18. The summed E-state index contributed by atoms with van der Waals surface area (Å²) in [6, 6.07) is 10.9. The Morgan fingerprint density at radius 3 is 2.63 bits per heavy atom. The van der Waals surface area contributed by atoms with Gasteiger partial charge in [-0.1, -0.05) is 0 Å². The second-order valence-corrected chi connectivity index (χ2v) is 8.55. The van der Waals surface area contributed by atoms with E-state index in [-0.39, 0.29) is 16.9 Å². The molecule has 1 N–H and O–H groups in total. The van der Waals surface area contributed by atoms with E-state index in [2.05, 4.69) is 4.72 Å². The maximum Gasteiger partial charge on any atom is 0.261 e. The minimum Gasteiger partial charge on any atom is -0.487 e. The molecule has 140 valence electrons. The summed E-state index contributed by atoms with van der Waals surface area (Å²) in [5.74, 6) is 0.292. The van der Waals surface area contributed by atoms with Gasteiger partial charge in [-0.15, -0.1) is 0 Å². The predicted molar refractivity (Wildman–Crippen MR) is 103 cm³/mol. The number of nitrogens with zero attached hydrogens (tertiary/aromatic N) is 2. The van der Waals surface area contributed by atoms with E-state index in [1.165, 1.54) is 24.0 Å². The molecule has 2 aromatic carbocycles. The number of thioether (sulfide) groups is 1. The van der Waals surface area contributed by atoms with Crippen LogP contribution in [0.2, 0.25) is 0 Å². The third-order valence-electron chi connectivity index (χ3n) is 3.95. The zero-order chi connectivity index (χ0) is 19.6. The molecule has 3 rings (SSSR count). The van der Waals surface area contributed by atoms with Gasteiger partial charge in [-0.3, -0.25) is 9.52 Å². The zero-order valence-electron chi connectivity index (χ0n) is 14.7. The predicted octanol–water partition coefficient (Wildman–Crippen LogP) is 3.19. The number of fused-ring (bicyclic) bond motifs is 1. The Bertz CT molecular complexity index is 1010. The van der Waals surface area contributed by atoms with Crippen LogP contribution < -0.4 is 14.4 Å². The van der Waals surface area contributed by atoms with E-state index in [0.29, 0.717) is 23.7 Å². The van der Waals surface area contributed by atoms with Crippen LogP contribution in [0.15, 0.2) is 52.3 Å². The highest BCUT2D eigenvalue weighted by molar-refractivity contribution is 8.03. The highest BCUT2D eigenvalue weighted by atomic mass is 32.2. The molecule has 0 bridgehead atoms. The quantitative estimate of drug-likeness (QED) is 0.622. The lowest BCUT2D eigenvalue weighted by Crippen LogP contribution is -2.41. The summed E-state index contributed by atoms with van der Waals surface area (Å²) >= 11 is 0.994. The van der Waals surface area contributed by atoms with Gasteiger partial charge < -0.3 is 9.64 Å². The van der Waals surface area contributed by atoms with Crippen LogP contribution in [0.25, 0.3) is 0 Å². The highest BCUT2D eigenvalue weighted by Gasteiger charge is 2.27. The first-order valence-electron chi connectivity index (χ1n) is 8.08. The van der Waals surface area contributed by atoms with Crippen LogP contribution in [0.3, 0.4) is 0 Å². The molecule has 1 amide bonds. The van der Waals surface area contributed by atoms with Crippen molar-refractivity contribution >= 4 is 39.1 Å². The Kier molecular flexibility index (Phi) is 5.30. The van der Waals surface area contributed by atoms with E-state index in [9.17, 15) is 13.2 Å². The van der Waals surface area contributed by atoms with Crippen LogP contribution in [0.5, 0.6) is 5.75 Å². The summed E-state index contributed by atoms with van der Waals surface area (Å²) < 4.78 is 33.6. The van der Waals surface area contributed by atoms with Crippen LogP contribution in [0, 0.1) is 10.7 Å². The van der Waals surface area contributed by atoms with Crippen LogP contribution in [-0.2, 0) is 14.8 Å². The molecule has 7 nitrogen and oxygen atoms in total. The fourth-order valence-electron chi connectivity index (χ4n) is 2.74. The lowest BCUT2D eigenvalue weighted by Gasteiger charge is -2.33. The number of ether oxygens (including phenoxy) is 1. The maximum absolute atomic E-state index is 12.7. The molecule has 0 saturated carbocycles. The molecule has 1 unspecified atom stereocenters. The summed E-state index contributed by atoms with van der Waals surface area (Å²) in [5, 5.41) is 10.6. The molecule has 0 radical (unpaired) electrons. The van der Waals surface area contributed by atoms with Crippen LogP contribution in [-0.4, -0.2) is 27.0 Å². The van der Waals surface area contributed by atoms with Gasteiger partial charge in [0.05, 0.1) is 17.1 Å².